The van der Waals surface area contributed by atoms with Crippen molar-refractivity contribution in [1.82, 2.24) is 0 Å². The average molecular weight is 254 g/mol. The normalized spacial score (nSPS) is 10.1. The number of benzene rings is 1. The third-order valence-electron chi connectivity index (χ3n) is 2.09. The lowest BCUT2D eigenvalue weighted by Crippen LogP contribution is -2.08. The molecule has 0 aliphatic carbocycles. The Labute approximate surface area is 107 Å². The maximum Gasteiger partial charge on any atom is 0.338 e. The second-order valence-corrected chi connectivity index (χ2v) is 3.41. The molecule has 18 heavy (non-hydrogen) atoms. The van der Waals surface area contributed by atoms with Crippen molar-refractivity contribution in [1.29, 1.82) is 0 Å². The fraction of sp³-hybridized carbons (Fsp3) is 0.462. The smallest absolute Gasteiger partial charge is 0.338 e. The van der Waals surface area contributed by atoms with E-state index in [1.807, 2.05) is 0 Å². The van der Waals surface area contributed by atoms with E-state index < -0.39 is 0 Å². The zero-order chi connectivity index (χ0) is 13.2. The van der Waals surface area contributed by atoms with Crippen molar-refractivity contribution in [3.63, 3.8) is 0 Å². The van der Waals surface area contributed by atoms with Crippen LogP contribution in [0.25, 0.3) is 0 Å². The molecule has 0 fully saturated rings. The second kappa shape index (κ2) is 8.49. The number of methoxy groups -OCH3 is 1. The van der Waals surface area contributed by atoms with Gasteiger partial charge in [-0.1, -0.05) is 6.07 Å². The molecule has 0 heterocycles. The summed E-state index contributed by atoms with van der Waals surface area (Å²) in [6.45, 7) is 3.22. The van der Waals surface area contributed by atoms with Crippen LogP contribution in [0.1, 0.15) is 17.3 Å². The van der Waals surface area contributed by atoms with Crippen molar-refractivity contribution in [3.8, 4) is 5.75 Å². The standard InChI is InChI=1S/C13H18O5/c1-3-17-13(14)11-5-4-6-12(9-11)18-10-16-8-7-15-2/h4-6,9H,3,7-8,10H2,1-2H3. The number of hydrogen-bond acceptors (Lipinski definition) is 5. The predicted octanol–water partition coefficient (Wildman–Crippen LogP) is 1.86. The molecule has 0 amide bonds. The van der Waals surface area contributed by atoms with Crippen LogP contribution in [0, 0.1) is 0 Å². The lowest BCUT2D eigenvalue weighted by Gasteiger charge is -2.08. The molecule has 0 aromatic heterocycles. The van der Waals surface area contributed by atoms with E-state index in [4.69, 9.17) is 18.9 Å². The molecule has 5 heteroatoms. The van der Waals surface area contributed by atoms with Crippen LogP contribution < -0.4 is 4.74 Å². The number of carbonyl (C=O) groups is 1. The molecule has 1 aromatic carbocycles. The first-order valence-corrected chi connectivity index (χ1v) is 5.74. The molecule has 0 radical (unpaired) electrons. The lowest BCUT2D eigenvalue weighted by molar-refractivity contribution is -0.00854. The Hall–Kier alpha value is -1.59. The number of ether oxygens (including phenoxy) is 4. The molecular weight excluding hydrogens is 236 g/mol. The van der Waals surface area contributed by atoms with Gasteiger partial charge in [0.15, 0.2) is 6.79 Å². The van der Waals surface area contributed by atoms with E-state index in [-0.39, 0.29) is 12.8 Å². The van der Waals surface area contributed by atoms with Crippen LogP contribution in [0.3, 0.4) is 0 Å². The Morgan fingerprint density at radius 3 is 2.83 bits per heavy atom. The zero-order valence-corrected chi connectivity index (χ0v) is 10.7. The Kier molecular flexibility index (Phi) is 6.83. The molecule has 0 saturated heterocycles. The molecule has 0 saturated carbocycles. The number of carbonyl (C=O) groups excluding carboxylic acids is 1. The van der Waals surface area contributed by atoms with E-state index in [1.54, 1.807) is 38.3 Å². The van der Waals surface area contributed by atoms with Crippen molar-refractivity contribution in [2.45, 2.75) is 6.92 Å². The van der Waals surface area contributed by atoms with Crippen molar-refractivity contribution < 1.29 is 23.7 Å². The van der Waals surface area contributed by atoms with Crippen LogP contribution in [0.15, 0.2) is 24.3 Å². The van der Waals surface area contributed by atoms with Gasteiger partial charge in [0.1, 0.15) is 5.75 Å². The summed E-state index contributed by atoms with van der Waals surface area (Å²) in [7, 11) is 1.60. The topological polar surface area (TPSA) is 54.0 Å². The zero-order valence-electron chi connectivity index (χ0n) is 10.7. The van der Waals surface area contributed by atoms with Gasteiger partial charge in [-0.2, -0.15) is 0 Å². The van der Waals surface area contributed by atoms with Crippen molar-refractivity contribution in [2.75, 3.05) is 33.7 Å². The van der Waals surface area contributed by atoms with Gasteiger partial charge in [0.2, 0.25) is 0 Å². The fourth-order valence-corrected chi connectivity index (χ4v) is 1.24. The minimum Gasteiger partial charge on any atom is -0.468 e. The summed E-state index contributed by atoms with van der Waals surface area (Å²) >= 11 is 0. The van der Waals surface area contributed by atoms with Crippen LogP contribution in [0.4, 0.5) is 0 Å². The van der Waals surface area contributed by atoms with E-state index in [1.165, 1.54) is 0 Å². The molecule has 1 rings (SSSR count). The molecule has 0 unspecified atom stereocenters. The molecule has 0 aliphatic heterocycles. The molecule has 0 N–H and O–H groups in total. The van der Waals surface area contributed by atoms with E-state index >= 15 is 0 Å². The molecular formula is C13H18O5. The quantitative estimate of drug-likeness (QED) is 0.402. The SMILES string of the molecule is CCOC(=O)c1cccc(OCOCCOC)c1. The summed E-state index contributed by atoms with van der Waals surface area (Å²) in [5.74, 6) is 0.209. The molecule has 0 atom stereocenters. The predicted molar refractivity (Wildman–Crippen MR) is 65.7 cm³/mol. The van der Waals surface area contributed by atoms with Crippen molar-refractivity contribution >= 4 is 5.97 Å². The van der Waals surface area contributed by atoms with Gasteiger partial charge in [-0.3, -0.25) is 0 Å². The molecule has 0 bridgehead atoms. The summed E-state index contributed by atoms with van der Waals surface area (Å²) in [5, 5.41) is 0. The van der Waals surface area contributed by atoms with Crippen LogP contribution >= 0.6 is 0 Å². The maximum absolute atomic E-state index is 11.5. The first kappa shape index (κ1) is 14.5. The van der Waals surface area contributed by atoms with E-state index in [0.29, 0.717) is 31.1 Å². The number of esters is 1. The van der Waals surface area contributed by atoms with Crippen LogP contribution in [0.2, 0.25) is 0 Å². The van der Waals surface area contributed by atoms with Crippen LogP contribution in [-0.2, 0) is 14.2 Å². The Morgan fingerprint density at radius 2 is 2.11 bits per heavy atom. The van der Waals surface area contributed by atoms with Crippen LogP contribution in [-0.4, -0.2) is 39.7 Å². The first-order valence-electron chi connectivity index (χ1n) is 5.74. The maximum atomic E-state index is 11.5. The minimum atomic E-state index is -0.358. The molecule has 0 aliphatic rings. The van der Waals surface area contributed by atoms with Gasteiger partial charge >= 0.3 is 5.97 Å². The molecule has 1 aromatic rings. The first-order chi connectivity index (χ1) is 8.77. The van der Waals surface area contributed by atoms with E-state index in [2.05, 4.69) is 0 Å². The lowest BCUT2D eigenvalue weighted by atomic mass is 10.2. The Bertz CT molecular complexity index is 364. The highest BCUT2D eigenvalue weighted by Crippen LogP contribution is 2.14. The van der Waals surface area contributed by atoms with Crippen molar-refractivity contribution in [2.24, 2.45) is 0 Å². The average Bonchev–Trinajstić information content (AvgIpc) is 2.39. The highest BCUT2D eigenvalue weighted by Gasteiger charge is 2.06. The summed E-state index contributed by atoms with van der Waals surface area (Å²) in [5.41, 5.74) is 0.464. The summed E-state index contributed by atoms with van der Waals surface area (Å²) in [6, 6.07) is 6.79. The summed E-state index contributed by atoms with van der Waals surface area (Å²) in [6.07, 6.45) is 0. The third kappa shape index (κ3) is 5.16. The van der Waals surface area contributed by atoms with E-state index in [9.17, 15) is 4.79 Å². The Morgan fingerprint density at radius 1 is 1.28 bits per heavy atom. The van der Waals surface area contributed by atoms with Gasteiger partial charge in [-0.15, -0.1) is 0 Å². The van der Waals surface area contributed by atoms with Gasteiger partial charge in [-0.05, 0) is 25.1 Å². The van der Waals surface area contributed by atoms with Gasteiger partial charge < -0.3 is 18.9 Å². The summed E-state index contributed by atoms with van der Waals surface area (Å²) in [4.78, 5) is 11.5. The van der Waals surface area contributed by atoms with E-state index in [0.717, 1.165) is 0 Å². The Balaban J connectivity index is 2.42. The molecule has 0 spiro atoms. The monoisotopic (exact) mass is 254 g/mol. The number of hydrogen-bond donors (Lipinski definition) is 0. The van der Waals surface area contributed by atoms with Gasteiger partial charge in [0.25, 0.3) is 0 Å². The highest BCUT2D eigenvalue weighted by molar-refractivity contribution is 5.89. The summed E-state index contributed by atoms with van der Waals surface area (Å²) < 4.78 is 20.2. The number of rotatable bonds is 8. The van der Waals surface area contributed by atoms with Crippen molar-refractivity contribution in [3.05, 3.63) is 29.8 Å². The van der Waals surface area contributed by atoms with Gasteiger partial charge in [0, 0.05) is 7.11 Å². The van der Waals surface area contributed by atoms with Gasteiger partial charge in [0.05, 0.1) is 25.4 Å². The van der Waals surface area contributed by atoms with Gasteiger partial charge in [-0.25, -0.2) is 4.79 Å². The minimum absolute atomic E-state index is 0.121. The van der Waals surface area contributed by atoms with Crippen LogP contribution in [0.5, 0.6) is 5.75 Å². The highest BCUT2D eigenvalue weighted by atomic mass is 16.7. The largest absolute Gasteiger partial charge is 0.468 e. The molecule has 5 nitrogen and oxygen atoms in total. The fourth-order valence-electron chi connectivity index (χ4n) is 1.24. The second-order valence-electron chi connectivity index (χ2n) is 3.41. The molecule has 100 valence electrons. The third-order valence-corrected chi connectivity index (χ3v) is 2.09.